The van der Waals surface area contributed by atoms with Gasteiger partial charge in [0.1, 0.15) is 6.07 Å². The largest absolute Gasteiger partial charge is 0.481 e. The molecule has 0 radical (unpaired) electrons. The average molecular weight is 190 g/mol. The van der Waals surface area contributed by atoms with E-state index >= 15 is 0 Å². The molecule has 1 aromatic rings. The Morgan fingerprint density at radius 3 is 2.93 bits per heavy atom. The molecule has 0 aliphatic carbocycles. The Balaban J connectivity index is 2.97. The average Bonchev–Trinajstić information content (AvgIpc) is 2.20. The van der Waals surface area contributed by atoms with E-state index in [-0.39, 0.29) is 6.42 Å². The van der Waals surface area contributed by atoms with Crippen LogP contribution in [-0.2, 0) is 11.2 Å². The van der Waals surface area contributed by atoms with Crippen LogP contribution >= 0.6 is 0 Å². The van der Waals surface area contributed by atoms with E-state index in [0.717, 1.165) is 5.69 Å². The molecule has 0 aliphatic heterocycles. The number of carbonyl (C=O) groups excluding carboxylic acids is 1. The number of ether oxygens (including phenoxy) is 1. The molecule has 0 saturated heterocycles. The zero-order chi connectivity index (χ0) is 10.6. The van der Waals surface area contributed by atoms with Gasteiger partial charge in [-0.1, -0.05) is 6.07 Å². The SMILES string of the molecule is COc1nc(C)ccc1CC(=O)C#N. The van der Waals surface area contributed by atoms with Crippen molar-refractivity contribution in [1.82, 2.24) is 4.98 Å². The first-order valence-corrected chi connectivity index (χ1v) is 4.11. The number of nitrogens with zero attached hydrogens (tertiary/aromatic N) is 2. The summed E-state index contributed by atoms with van der Waals surface area (Å²) >= 11 is 0. The number of aromatic nitrogens is 1. The Kier molecular flexibility index (Phi) is 3.19. The van der Waals surface area contributed by atoms with E-state index in [1.807, 2.05) is 6.92 Å². The van der Waals surface area contributed by atoms with Crippen molar-refractivity contribution in [2.75, 3.05) is 7.11 Å². The maximum absolute atomic E-state index is 10.9. The molecule has 0 bridgehead atoms. The van der Waals surface area contributed by atoms with Gasteiger partial charge in [-0.25, -0.2) is 4.98 Å². The molecule has 0 aromatic carbocycles. The molecule has 4 heteroatoms. The van der Waals surface area contributed by atoms with Crippen LogP contribution in [0.4, 0.5) is 0 Å². The molecule has 0 saturated carbocycles. The molecule has 72 valence electrons. The van der Waals surface area contributed by atoms with Gasteiger partial charge in [-0.3, -0.25) is 4.79 Å². The van der Waals surface area contributed by atoms with E-state index in [9.17, 15) is 4.79 Å². The summed E-state index contributed by atoms with van der Waals surface area (Å²) in [4.78, 5) is 15.0. The van der Waals surface area contributed by atoms with Gasteiger partial charge in [0, 0.05) is 11.3 Å². The second-order valence-corrected chi connectivity index (χ2v) is 2.83. The molecule has 4 nitrogen and oxygen atoms in total. The maximum Gasteiger partial charge on any atom is 0.236 e. The number of hydrogen-bond donors (Lipinski definition) is 0. The summed E-state index contributed by atoms with van der Waals surface area (Å²) in [6.07, 6.45) is 0.0486. The molecular weight excluding hydrogens is 180 g/mol. The molecule has 0 N–H and O–H groups in total. The number of rotatable bonds is 3. The fourth-order valence-electron chi connectivity index (χ4n) is 1.09. The minimum absolute atomic E-state index is 0.0486. The summed E-state index contributed by atoms with van der Waals surface area (Å²) in [6, 6.07) is 5.08. The van der Waals surface area contributed by atoms with Gasteiger partial charge in [0.05, 0.1) is 13.5 Å². The fourth-order valence-corrected chi connectivity index (χ4v) is 1.09. The molecule has 1 aromatic heterocycles. The first-order valence-electron chi connectivity index (χ1n) is 4.11. The van der Waals surface area contributed by atoms with Crippen molar-refractivity contribution in [3.05, 3.63) is 23.4 Å². The van der Waals surface area contributed by atoms with Crippen molar-refractivity contribution in [1.29, 1.82) is 5.26 Å². The minimum Gasteiger partial charge on any atom is -0.481 e. The van der Waals surface area contributed by atoms with Crippen molar-refractivity contribution in [2.45, 2.75) is 13.3 Å². The summed E-state index contributed by atoms with van der Waals surface area (Å²) in [5.41, 5.74) is 1.46. The van der Waals surface area contributed by atoms with E-state index in [2.05, 4.69) is 4.98 Å². The van der Waals surface area contributed by atoms with Gasteiger partial charge < -0.3 is 4.74 Å². The zero-order valence-corrected chi connectivity index (χ0v) is 8.07. The van der Waals surface area contributed by atoms with Gasteiger partial charge >= 0.3 is 0 Å². The van der Waals surface area contributed by atoms with Crippen molar-refractivity contribution in [3.8, 4) is 11.9 Å². The van der Waals surface area contributed by atoms with Crippen molar-refractivity contribution in [2.24, 2.45) is 0 Å². The molecule has 14 heavy (non-hydrogen) atoms. The predicted octanol–water partition coefficient (Wildman–Crippen LogP) is 1.03. The number of methoxy groups -OCH3 is 1. The molecule has 0 atom stereocenters. The molecule has 1 heterocycles. The third-order valence-corrected chi connectivity index (χ3v) is 1.75. The number of hydrogen-bond acceptors (Lipinski definition) is 4. The molecular formula is C10H10N2O2. The molecule has 0 aliphatic rings. The van der Waals surface area contributed by atoms with Gasteiger partial charge in [-0.2, -0.15) is 5.26 Å². The monoisotopic (exact) mass is 190 g/mol. The summed E-state index contributed by atoms with van der Waals surface area (Å²) in [5, 5.41) is 8.35. The summed E-state index contributed by atoms with van der Waals surface area (Å²) in [5.74, 6) is -0.0810. The number of carbonyl (C=O) groups is 1. The lowest BCUT2D eigenvalue weighted by Crippen LogP contribution is -2.03. The summed E-state index contributed by atoms with van der Waals surface area (Å²) < 4.78 is 5.00. The summed E-state index contributed by atoms with van der Waals surface area (Å²) in [7, 11) is 1.49. The third kappa shape index (κ3) is 2.30. The second-order valence-electron chi connectivity index (χ2n) is 2.83. The lowest BCUT2D eigenvalue weighted by molar-refractivity contribution is -0.113. The van der Waals surface area contributed by atoms with E-state index < -0.39 is 5.78 Å². The van der Waals surface area contributed by atoms with Crippen LogP contribution < -0.4 is 4.74 Å². The molecule has 1 rings (SSSR count). The highest BCUT2D eigenvalue weighted by Crippen LogP contribution is 2.16. The first kappa shape index (κ1) is 10.2. The van der Waals surface area contributed by atoms with Gasteiger partial charge in [0.15, 0.2) is 0 Å². The Morgan fingerprint density at radius 1 is 1.64 bits per heavy atom. The van der Waals surface area contributed by atoms with Crippen LogP contribution in [0.15, 0.2) is 12.1 Å². The smallest absolute Gasteiger partial charge is 0.236 e. The van der Waals surface area contributed by atoms with Crippen molar-refractivity contribution >= 4 is 5.78 Å². The van der Waals surface area contributed by atoms with Crippen molar-refractivity contribution < 1.29 is 9.53 Å². The number of nitriles is 1. The van der Waals surface area contributed by atoms with Crippen LogP contribution in [0.25, 0.3) is 0 Å². The van der Waals surface area contributed by atoms with Crippen LogP contribution in [0, 0.1) is 18.3 Å². The van der Waals surface area contributed by atoms with Crippen molar-refractivity contribution in [3.63, 3.8) is 0 Å². The number of Topliss-reactive ketones (excluding diaryl/α,β-unsaturated/α-hetero) is 1. The van der Waals surface area contributed by atoms with Crippen LogP contribution in [-0.4, -0.2) is 17.9 Å². The van der Waals surface area contributed by atoms with Gasteiger partial charge in [-0.05, 0) is 13.0 Å². The van der Waals surface area contributed by atoms with Crippen LogP contribution in [0.2, 0.25) is 0 Å². The lowest BCUT2D eigenvalue weighted by atomic mass is 10.1. The lowest BCUT2D eigenvalue weighted by Gasteiger charge is -2.05. The predicted molar refractivity (Wildman–Crippen MR) is 49.9 cm³/mol. The number of aryl methyl sites for hydroxylation is 1. The molecule has 0 spiro atoms. The van der Waals surface area contributed by atoms with Gasteiger partial charge in [0.2, 0.25) is 11.7 Å². The standard InChI is InChI=1S/C10H10N2O2/c1-7-3-4-8(5-9(13)6-11)10(12-7)14-2/h3-4H,5H2,1-2H3. The van der Waals surface area contributed by atoms with Crippen LogP contribution in [0.5, 0.6) is 5.88 Å². The van der Waals surface area contributed by atoms with E-state index in [1.165, 1.54) is 7.11 Å². The van der Waals surface area contributed by atoms with Crippen LogP contribution in [0.1, 0.15) is 11.3 Å². The molecule has 0 amide bonds. The highest BCUT2D eigenvalue weighted by atomic mass is 16.5. The fraction of sp³-hybridized carbons (Fsp3) is 0.300. The molecule has 0 fully saturated rings. The van der Waals surface area contributed by atoms with Gasteiger partial charge in [-0.15, -0.1) is 0 Å². The van der Waals surface area contributed by atoms with E-state index in [1.54, 1.807) is 18.2 Å². The highest BCUT2D eigenvalue weighted by Gasteiger charge is 2.09. The first-order chi connectivity index (χ1) is 6.67. The second kappa shape index (κ2) is 4.38. The van der Waals surface area contributed by atoms with E-state index in [4.69, 9.17) is 10.00 Å². The minimum atomic E-state index is -0.492. The third-order valence-electron chi connectivity index (χ3n) is 1.75. The quantitative estimate of drug-likeness (QED) is 0.668. The Bertz CT molecular complexity index is 394. The maximum atomic E-state index is 10.9. The zero-order valence-electron chi connectivity index (χ0n) is 8.07. The number of ketones is 1. The Labute approximate surface area is 82.1 Å². The Morgan fingerprint density at radius 2 is 2.36 bits per heavy atom. The van der Waals surface area contributed by atoms with Crippen LogP contribution in [0.3, 0.4) is 0 Å². The normalized spacial score (nSPS) is 9.21. The molecule has 0 unspecified atom stereocenters. The van der Waals surface area contributed by atoms with Gasteiger partial charge in [0.25, 0.3) is 0 Å². The van der Waals surface area contributed by atoms with E-state index in [0.29, 0.717) is 11.4 Å². The topological polar surface area (TPSA) is 63.0 Å². The summed E-state index contributed by atoms with van der Waals surface area (Å²) in [6.45, 7) is 1.83. The Hall–Kier alpha value is -1.89. The highest BCUT2D eigenvalue weighted by molar-refractivity contribution is 5.95. The number of pyridine rings is 1.